The van der Waals surface area contributed by atoms with Crippen molar-refractivity contribution in [2.24, 2.45) is 9.98 Å². The molecule has 1 aliphatic heterocycles. The summed E-state index contributed by atoms with van der Waals surface area (Å²) >= 11 is 0. The molecule has 0 radical (unpaired) electrons. The lowest BCUT2D eigenvalue weighted by Crippen LogP contribution is -2.28. The third-order valence-electron chi connectivity index (χ3n) is 3.71. The van der Waals surface area contributed by atoms with E-state index in [2.05, 4.69) is 46.8 Å². The third-order valence-corrected chi connectivity index (χ3v) is 3.71. The average Bonchev–Trinajstić information content (AvgIpc) is 2.39. The van der Waals surface area contributed by atoms with Gasteiger partial charge in [-0.1, -0.05) is 13.0 Å². The molecule has 3 heteroatoms. The van der Waals surface area contributed by atoms with E-state index in [0.29, 0.717) is 12.6 Å². The van der Waals surface area contributed by atoms with Crippen LogP contribution in [0.4, 0.5) is 0 Å². The Morgan fingerprint density at radius 1 is 1.29 bits per heavy atom. The van der Waals surface area contributed by atoms with Crippen molar-refractivity contribution in [1.82, 2.24) is 0 Å². The molecule has 0 aromatic rings. The maximum Gasteiger partial charge on any atom is 0.147 e. The van der Waals surface area contributed by atoms with Crippen LogP contribution in [-0.2, 0) is 4.74 Å². The van der Waals surface area contributed by atoms with E-state index in [1.807, 2.05) is 13.0 Å². The van der Waals surface area contributed by atoms with Crippen LogP contribution in [0.25, 0.3) is 0 Å². The average molecular weight is 286 g/mol. The van der Waals surface area contributed by atoms with Gasteiger partial charge in [-0.2, -0.15) is 0 Å². The van der Waals surface area contributed by atoms with Gasteiger partial charge in [0.2, 0.25) is 0 Å². The van der Waals surface area contributed by atoms with E-state index >= 15 is 0 Å². The van der Waals surface area contributed by atoms with Gasteiger partial charge in [-0.25, -0.2) is 0 Å². The van der Waals surface area contributed by atoms with Crippen LogP contribution in [0.1, 0.15) is 48.0 Å². The molecule has 0 aromatic heterocycles. The summed E-state index contributed by atoms with van der Waals surface area (Å²) in [6.07, 6.45) is 7.40. The first kappa shape index (κ1) is 15.7. The quantitative estimate of drug-likeness (QED) is 0.711. The molecule has 3 nitrogen and oxygen atoms in total. The van der Waals surface area contributed by atoms with E-state index in [0.717, 1.165) is 29.2 Å². The van der Waals surface area contributed by atoms with Crippen molar-refractivity contribution in [2.75, 3.05) is 6.61 Å². The molecule has 114 valence electrons. The first-order valence-corrected chi connectivity index (χ1v) is 7.80. The minimum Gasteiger partial charge on any atom is -0.492 e. The number of aliphatic imine (C=N–C) groups is 2. The van der Waals surface area contributed by atoms with Gasteiger partial charge in [0, 0.05) is 17.7 Å². The molecule has 0 saturated heterocycles. The molecule has 1 unspecified atom stereocenters. The Morgan fingerprint density at radius 3 is 2.62 bits per heavy atom. The summed E-state index contributed by atoms with van der Waals surface area (Å²) in [7, 11) is 0. The molecule has 0 amide bonds. The van der Waals surface area contributed by atoms with Gasteiger partial charge < -0.3 is 4.74 Å². The summed E-state index contributed by atoms with van der Waals surface area (Å²) in [6.45, 7) is 13.3. The molecule has 2 aliphatic rings. The number of allylic oxidation sites excluding steroid dienone is 4. The van der Waals surface area contributed by atoms with Crippen LogP contribution >= 0.6 is 0 Å². The topological polar surface area (TPSA) is 34.0 Å². The molecule has 0 spiro atoms. The van der Waals surface area contributed by atoms with Crippen LogP contribution in [0.3, 0.4) is 0 Å². The van der Waals surface area contributed by atoms with Crippen LogP contribution in [0, 0.1) is 0 Å². The highest BCUT2D eigenvalue weighted by atomic mass is 16.5. The molecular weight excluding hydrogens is 260 g/mol. The first-order chi connectivity index (χ1) is 9.86. The smallest absolute Gasteiger partial charge is 0.147 e. The maximum atomic E-state index is 5.82. The van der Waals surface area contributed by atoms with E-state index in [1.165, 1.54) is 5.57 Å². The number of hydrogen-bond donors (Lipinski definition) is 0. The molecule has 0 aromatic carbocycles. The van der Waals surface area contributed by atoms with Crippen molar-refractivity contribution in [3.63, 3.8) is 0 Å². The molecule has 0 bridgehead atoms. The Balaban J connectivity index is 2.49. The lowest BCUT2D eigenvalue weighted by Gasteiger charge is -2.29. The summed E-state index contributed by atoms with van der Waals surface area (Å²) in [6, 6.07) is 0.318. The van der Waals surface area contributed by atoms with Crippen molar-refractivity contribution in [2.45, 2.75) is 59.5 Å². The molecule has 1 heterocycles. The molecule has 1 aliphatic carbocycles. The zero-order valence-corrected chi connectivity index (χ0v) is 14.0. The van der Waals surface area contributed by atoms with Gasteiger partial charge in [-0.15, -0.1) is 0 Å². The molecule has 0 saturated carbocycles. The minimum atomic E-state index is -0.182. The van der Waals surface area contributed by atoms with Crippen LogP contribution in [-0.4, -0.2) is 29.6 Å². The van der Waals surface area contributed by atoms with E-state index in [1.54, 1.807) is 0 Å². The van der Waals surface area contributed by atoms with Gasteiger partial charge in [0.05, 0.1) is 17.9 Å². The number of ether oxygens (including phenoxy) is 1. The predicted molar refractivity (Wildman–Crippen MR) is 90.3 cm³/mol. The Kier molecular flexibility index (Phi) is 4.50. The Labute approximate surface area is 128 Å². The van der Waals surface area contributed by atoms with Gasteiger partial charge in [0.25, 0.3) is 0 Å². The molecule has 0 fully saturated rings. The standard InChI is InChI=1S/C18H26N2O/c1-7-13(4)19-14-9-15-12(3)11-18(5,6)20-17(15)16(10-14)21-8-2/h9-11,13H,7-8H2,1-6H3. The third kappa shape index (κ3) is 3.52. The van der Waals surface area contributed by atoms with Crippen molar-refractivity contribution in [3.8, 4) is 0 Å². The summed E-state index contributed by atoms with van der Waals surface area (Å²) in [4.78, 5) is 9.59. The highest BCUT2D eigenvalue weighted by molar-refractivity contribution is 6.25. The molecule has 0 N–H and O–H groups in total. The molecule has 21 heavy (non-hydrogen) atoms. The van der Waals surface area contributed by atoms with Gasteiger partial charge in [-0.05, 0) is 52.7 Å². The number of hydrogen-bond acceptors (Lipinski definition) is 3. The van der Waals surface area contributed by atoms with Crippen LogP contribution in [0.2, 0.25) is 0 Å². The molecule has 2 rings (SSSR count). The highest BCUT2D eigenvalue weighted by Gasteiger charge is 2.29. The van der Waals surface area contributed by atoms with E-state index in [9.17, 15) is 0 Å². The normalized spacial score (nSPS) is 23.6. The summed E-state index contributed by atoms with van der Waals surface area (Å²) < 4.78 is 5.82. The highest BCUT2D eigenvalue weighted by Crippen LogP contribution is 2.31. The van der Waals surface area contributed by atoms with E-state index in [-0.39, 0.29) is 5.54 Å². The van der Waals surface area contributed by atoms with Crippen molar-refractivity contribution in [1.29, 1.82) is 0 Å². The zero-order valence-electron chi connectivity index (χ0n) is 14.0. The fourth-order valence-corrected chi connectivity index (χ4v) is 2.62. The Hall–Kier alpha value is -1.64. The van der Waals surface area contributed by atoms with Crippen LogP contribution < -0.4 is 0 Å². The van der Waals surface area contributed by atoms with Crippen LogP contribution in [0.15, 0.2) is 45.1 Å². The van der Waals surface area contributed by atoms with E-state index in [4.69, 9.17) is 14.7 Å². The number of nitrogens with zero attached hydrogens (tertiary/aromatic N) is 2. The lowest BCUT2D eigenvalue weighted by molar-refractivity contribution is 0.249. The zero-order chi connectivity index (χ0) is 15.6. The summed E-state index contributed by atoms with van der Waals surface area (Å²) in [5.41, 5.74) is 4.15. The SMILES string of the molecule is CCOC1=CC(=NC(C)CC)C=C2C(C)=CC(C)(C)N=C12. The van der Waals surface area contributed by atoms with Crippen LogP contribution in [0.5, 0.6) is 0 Å². The predicted octanol–water partition coefficient (Wildman–Crippen LogP) is 4.27. The molecule has 1 atom stereocenters. The molecular formula is C18H26N2O. The summed E-state index contributed by atoms with van der Waals surface area (Å²) in [5.74, 6) is 0.845. The largest absolute Gasteiger partial charge is 0.492 e. The van der Waals surface area contributed by atoms with Crippen molar-refractivity contribution >= 4 is 11.4 Å². The number of fused-ring (bicyclic) bond motifs is 1. The van der Waals surface area contributed by atoms with Crippen molar-refractivity contribution in [3.05, 3.63) is 35.1 Å². The second kappa shape index (κ2) is 6.00. The van der Waals surface area contributed by atoms with Gasteiger partial charge >= 0.3 is 0 Å². The summed E-state index contributed by atoms with van der Waals surface area (Å²) in [5, 5.41) is 0. The minimum absolute atomic E-state index is 0.182. The fraction of sp³-hybridized carbons (Fsp3) is 0.556. The van der Waals surface area contributed by atoms with E-state index < -0.39 is 0 Å². The fourth-order valence-electron chi connectivity index (χ4n) is 2.62. The number of rotatable bonds is 4. The Morgan fingerprint density at radius 2 is 2.00 bits per heavy atom. The number of dihydropyridines is 1. The Bertz CT molecular complexity index is 574. The second-order valence-corrected chi connectivity index (χ2v) is 6.25. The second-order valence-electron chi connectivity index (χ2n) is 6.25. The monoisotopic (exact) mass is 286 g/mol. The van der Waals surface area contributed by atoms with Gasteiger partial charge in [0.1, 0.15) is 11.5 Å². The van der Waals surface area contributed by atoms with Gasteiger partial charge in [-0.3, -0.25) is 9.98 Å². The maximum absolute atomic E-state index is 5.82. The first-order valence-electron chi connectivity index (χ1n) is 7.80. The lowest BCUT2D eigenvalue weighted by atomic mass is 9.87. The van der Waals surface area contributed by atoms with Gasteiger partial charge in [0.15, 0.2) is 0 Å². The van der Waals surface area contributed by atoms with Crippen molar-refractivity contribution < 1.29 is 4.74 Å².